The Morgan fingerprint density at radius 3 is 2.53 bits per heavy atom. The summed E-state index contributed by atoms with van der Waals surface area (Å²) in [6.07, 6.45) is 6.98. The quantitative estimate of drug-likeness (QED) is 0.506. The molecule has 0 aromatic carbocycles. The van der Waals surface area contributed by atoms with Gasteiger partial charge in [-0.1, -0.05) is 26.7 Å². The third-order valence-corrected chi connectivity index (χ3v) is 3.12. The molecule has 1 aliphatic rings. The number of hydrogen-bond donors (Lipinski definition) is 0. The first kappa shape index (κ1) is 14.3. The highest BCUT2D eigenvalue weighted by atomic mass is 16.8. The van der Waals surface area contributed by atoms with Crippen molar-refractivity contribution >= 4 is 6.16 Å². The molecule has 1 aliphatic heterocycles. The van der Waals surface area contributed by atoms with Gasteiger partial charge in [-0.3, -0.25) is 0 Å². The molecule has 4 heteroatoms. The van der Waals surface area contributed by atoms with E-state index in [0.717, 1.165) is 45.2 Å². The lowest BCUT2D eigenvalue weighted by Crippen LogP contribution is -2.27. The zero-order valence-corrected chi connectivity index (χ0v) is 11.1. The van der Waals surface area contributed by atoms with Crippen molar-refractivity contribution < 1.29 is 14.4 Å². The van der Waals surface area contributed by atoms with Crippen molar-refractivity contribution in [3.05, 3.63) is 0 Å². The van der Waals surface area contributed by atoms with Crippen LogP contribution in [0.3, 0.4) is 0 Å². The van der Waals surface area contributed by atoms with Gasteiger partial charge in [-0.15, -0.1) is 5.06 Å². The van der Waals surface area contributed by atoms with E-state index in [9.17, 15) is 4.79 Å². The van der Waals surface area contributed by atoms with Crippen LogP contribution in [0.1, 0.15) is 58.8 Å². The number of hydrogen-bond acceptors (Lipinski definition) is 4. The zero-order chi connectivity index (χ0) is 12.5. The van der Waals surface area contributed by atoms with Gasteiger partial charge in [0.1, 0.15) is 6.10 Å². The number of nitrogens with zero attached hydrogens (tertiary/aromatic N) is 1. The molecular weight excluding hydrogens is 218 g/mol. The molecule has 0 aromatic heterocycles. The van der Waals surface area contributed by atoms with Crippen molar-refractivity contribution in [3.8, 4) is 0 Å². The van der Waals surface area contributed by atoms with Crippen LogP contribution < -0.4 is 0 Å². The van der Waals surface area contributed by atoms with Crippen molar-refractivity contribution in [1.29, 1.82) is 0 Å². The summed E-state index contributed by atoms with van der Waals surface area (Å²) in [7, 11) is 0. The van der Waals surface area contributed by atoms with Gasteiger partial charge >= 0.3 is 6.16 Å². The summed E-state index contributed by atoms with van der Waals surface area (Å²) in [4.78, 5) is 16.6. The molecule has 1 rings (SSSR count). The molecule has 1 heterocycles. The summed E-state index contributed by atoms with van der Waals surface area (Å²) in [6, 6.07) is 0. The van der Waals surface area contributed by atoms with Gasteiger partial charge in [0.05, 0.1) is 0 Å². The lowest BCUT2D eigenvalue weighted by atomic mass is 10.1. The summed E-state index contributed by atoms with van der Waals surface area (Å²) >= 11 is 0. The van der Waals surface area contributed by atoms with E-state index in [1.807, 2.05) is 6.92 Å². The largest absolute Gasteiger partial charge is 0.528 e. The van der Waals surface area contributed by atoms with Crippen molar-refractivity contribution in [2.45, 2.75) is 64.9 Å². The molecule has 0 saturated carbocycles. The summed E-state index contributed by atoms with van der Waals surface area (Å²) in [5.74, 6) is 0. The predicted octanol–water partition coefficient (Wildman–Crippen LogP) is 3.51. The van der Waals surface area contributed by atoms with E-state index in [1.54, 1.807) is 5.06 Å². The summed E-state index contributed by atoms with van der Waals surface area (Å²) in [5.41, 5.74) is 0. The molecule has 0 aliphatic carbocycles. The third-order valence-electron chi connectivity index (χ3n) is 3.12. The van der Waals surface area contributed by atoms with E-state index in [2.05, 4.69) is 6.92 Å². The second kappa shape index (κ2) is 8.34. The first-order chi connectivity index (χ1) is 8.26. The minimum absolute atomic E-state index is 0.0108. The Bertz CT molecular complexity index is 215. The Morgan fingerprint density at radius 2 is 1.94 bits per heavy atom. The highest BCUT2D eigenvalue weighted by Crippen LogP contribution is 2.13. The molecule has 0 radical (unpaired) electrons. The monoisotopic (exact) mass is 243 g/mol. The molecular formula is C13H25NO3. The maximum atomic E-state index is 11.5. The third kappa shape index (κ3) is 5.91. The molecule has 0 N–H and O–H groups in total. The first-order valence-corrected chi connectivity index (χ1v) is 6.89. The Kier molecular flexibility index (Phi) is 7.01. The Hall–Kier alpha value is -0.770. The van der Waals surface area contributed by atoms with Crippen molar-refractivity contribution in [1.82, 2.24) is 5.06 Å². The van der Waals surface area contributed by atoms with Crippen LogP contribution in [0.4, 0.5) is 4.79 Å². The zero-order valence-electron chi connectivity index (χ0n) is 11.1. The minimum atomic E-state index is -0.532. The normalized spacial score (nSPS) is 18.0. The Labute approximate surface area is 104 Å². The second-order valence-electron chi connectivity index (χ2n) is 4.62. The fourth-order valence-electron chi connectivity index (χ4n) is 2.01. The molecule has 0 spiro atoms. The van der Waals surface area contributed by atoms with Gasteiger partial charge in [0.25, 0.3) is 0 Å². The average molecular weight is 243 g/mol. The van der Waals surface area contributed by atoms with Crippen LogP contribution in [0.5, 0.6) is 0 Å². The average Bonchev–Trinajstić information content (AvgIpc) is 2.80. The molecule has 1 saturated heterocycles. The van der Waals surface area contributed by atoms with Crippen LogP contribution in [0.2, 0.25) is 0 Å². The van der Waals surface area contributed by atoms with E-state index in [1.165, 1.54) is 12.8 Å². The van der Waals surface area contributed by atoms with Crippen LogP contribution in [0.25, 0.3) is 0 Å². The van der Waals surface area contributed by atoms with Crippen LogP contribution in [-0.4, -0.2) is 30.4 Å². The smallest absolute Gasteiger partial charge is 0.430 e. The number of ether oxygens (including phenoxy) is 1. The molecule has 1 unspecified atom stereocenters. The maximum absolute atomic E-state index is 11.5. The number of unbranched alkanes of at least 4 members (excludes halogenated alkanes) is 2. The first-order valence-electron chi connectivity index (χ1n) is 6.89. The van der Waals surface area contributed by atoms with Crippen molar-refractivity contribution in [3.63, 3.8) is 0 Å². The highest BCUT2D eigenvalue weighted by Gasteiger charge is 2.19. The highest BCUT2D eigenvalue weighted by molar-refractivity contribution is 5.59. The fourth-order valence-corrected chi connectivity index (χ4v) is 2.01. The molecule has 0 amide bonds. The van der Waals surface area contributed by atoms with E-state index in [0.29, 0.717) is 0 Å². The van der Waals surface area contributed by atoms with Crippen LogP contribution in [0.15, 0.2) is 0 Å². The predicted molar refractivity (Wildman–Crippen MR) is 66.6 cm³/mol. The molecule has 1 atom stereocenters. The second-order valence-corrected chi connectivity index (χ2v) is 4.62. The lowest BCUT2D eigenvalue weighted by Gasteiger charge is -2.18. The fraction of sp³-hybridized carbons (Fsp3) is 0.923. The van der Waals surface area contributed by atoms with Crippen LogP contribution in [0, 0.1) is 0 Å². The summed E-state index contributed by atoms with van der Waals surface area (Å²) < 4.78 is 5.31. The van der Waals surface area contributed by atoms with Crippen LogP contribution >= 0.6 is 0 Å². The number of carbonyl (C=O) groups excluding carboxylic acids is 1. The molecule has 100 valence electrons. The maximum Gasteiger partial charge on any atom is 0.528 e. The molecule has 1 fully saturated rings. The standard InChI is InChI=1S/C13H25NO3/c1-3-5-6-9-12(4-2)16-13(15)17-14-10-7-8-11-14/h12H,3-11H2,1-2H3. The van der Waals surface area contributed by atoms with E-state index < -0.39 is 6.16 Å². The van der Waals surface area contributed by atoms with Gasteiger partial charge < -0.3 is 9.57 Å². The molecule has 0 bridgehead atoms. The molecule has 0 aromatic rings. The van der Waals surface area contributed by atoms with Gasteiger partial charge in [0, 0.05) is 13.1 Å². The Balaban J connectivity index is 2.16. The lowest BCUT2D eigenvalue weighted by molar-refractivity contribution is -0.121. The van der Waals surface area contributed by atoms with Crippen molar-refractivity contribution in [2.24, 2.45) is 0 Å². The van der Waals surface area contributed by atoms with E-state index >= 15 is 0 Å². The van der Waals surface area contributed by atoms with Gasteiger partial charge in [-0.25, -0.2) is 4.79 Å². The topological polar surface area (TPSA) is 38.8 Å². The molecule has 17 heavy (non-hydrogen) atoms. The Morgan fingerprint density at radius 1 is 1.24 bits per heavy atom. The van der Waals surface area contributed by atoms with Gasteiger partial charge in [0.2, 0.25) is 0 Å². The van der Waals surface area contributed by atoms with E-state index in [-0.39, 0.29) is 6.10 Å². The van der Waals surface area contributed by atoms with Gasteiger partial charge in [-0.05, 0) is 32.1 Å². The number of carbonyl (C=O) groups is 1. The summed E-state index contributed by atoms with van der Waals surface area (Å²) in [5, 5.41) is 1.70. The number of rotatable bonds is 7. The van der Waals surface area contributed by atoms with E-state index in [4.69, 9.17) is 9.57 Å². The van der Waals surface area contributed by atoms with Crippen LogP contribution in [-0.2, 0) is 9.57 Å². The van der Waals surface area contributed by atoms with Gasteiger partial charge in [-0.2, -0.15) is 0 Å². The van der Waals surface area contributed by atoms with Crippen molar-refractivity contribution in [2.75, 3.05) is 13.1 Å². The molecule has 4 nitrogen and oxygen atoms in total. The summed E-state index contributed by atoms with van der Waals surface area (Å²) in [6.45, 7) is 5.88. The van der Waals surface area contributed by atoms with Gasteiger partial charge in [0.15, 0.2) is 0 Å². The number of hydroxylamine groups is 2. The minimum Gasteiger partial charge on any atom is -0.430 e. The SMILES string of the molecule is CCCCCC(CC)OC(=O)ON1CCCC1.